The molecule has 1 saturated carbocycles. The fourth-order valence-corrected chi connectivity index (χ4v) is 2.25. The Morgan fingerprint density at radius 2 is 2.21 bits per heavy atom. The first-order chi connectivity index (χ1) is 6.73. The molecule has 80 valence electrons. The molecule has 0 heterocycles. The van der Waals surface area contributed by atoms with Crippen molar-refractivity contribution in [3.63, 3.8) is 0 Å². The van der Waals surface area contributed by atoms with Crippen LogP contribution in [0.25, 0.3) is 0 Å². The van der Waals surface area contributed by atoms with E-state index >= 15 is 0 Å². The topological polar surface area (TPSA) is 40.5 Å². The minimum absolute atomic E-state index is 0.00309. The fraction of sp³-hybridized carbons (Fsp3) is 0.667. The molecule has 0 saturated heterocycles. The third-order valence-electron chi connectivity index (χ3n) is 3.05. The van der Waals surface area contributed by atoms with Crippen LogP contribution in [0.4, 0.5) is 0 Å². The highest BCUT2D eigenvalue weighted by atomic mass is 16.3. The van der Waals surface area contributed by atoms with Gasteiger partial charge in [0, 0.05) is 0 Å². The van der Waals surface area contributed by atoms with E-state index in [1.165, 1.54) is 6.42 Å². The molecule has 0 aromatic rings. The molecule has 1 aliphatic rings. The average molecular weight is 196 g/mol. The quantitative estimate of drug-likeness (QED) is 0.675. The van der Waals surface area contributed by atoms with Gasteiger partial charge < -0.3 is 10.2 Å². The van der Waals surface area contributed by atoms with Crippen LogP contribution in [0, 0.1) is 5.92 Å². The molecule has 1 aliphatic carbocycles. The van der Waals surface area contributed by atoms with Gasteiger partial charge in [-0.2, -0.15) is 0 Å². The maximum absolute atomic E-state index is 10.3. The molecule has 2 N–H and O–H groups in total. The van der Waals surface area contributed by atoms with Crippen molar-refractivity contribution in [3.8, 4) is 0 Å². The van der Waals surface area contributed by atoms with E-state index in [-0.39, 0.29) is 12.5 Å². The molecule has 0 bridgehead atoms. The highest BCUT2D eigenvalue weighted by molar-refractivity contribution is 5.07. The summed E-state index contributed by atoms with van der Waals surface area (Å²) in [4.78, 5) is 0. The van der Waals surface area contributed by atoms with Gasteiger partial charge in [0.05, 0.1) is 12.2 Å². The molecule has 2 heteroatoms. The van der Waals surface area contributed by atoms with Crippen molar-refractivity contribution in [3.05, 3.63) is 24.8 Å². The lowest BCUT2D eigenvalue weighted by Gasteiger charge is -2.37. The summed E-state index contributed by atoms with van der Waals surface area (Å²) in [6, 6.07) is 0. The average Bonchev–Trinajstić information content (AvgIpc) is 2.19. The van der Waals surface area contributed by atoms with Crippen molar-refractivity contribution in [2.45, 2.75) is 37.7 Å². The Labute approximate surface area is 86.0 Å². The molecule has 0 aliphatic heterocycles. The van der Waals surface area contributed by atoms with Crippen LogP contribution in [0.5, 0.6) is 0 Å². The van der Waals surface area contributed by atoms with Gasteiger partial charge in [-0.15, -0.1) is 6.58 Å². The van der Waals surface area contributed by atoms with Crippen molar-refractivity contribution in [1.29, 1.82) is 0 Å². The summed E-state index contributed by atoms with van der Waals surface area (Å²) in [6.45, 7) is 3.72. The summed E-state index contributed by atoms with van der Waals surface area (Å²) < 4.78 is 0. The number of aliphatic hydroxyl groups excluding tert-OH is 1. The third-order valence-corrected chi connectivity index (χ3v) is 3.05. The number of rotatable bonds is 4. The van der Waals surface area contributed by atoms with Gasteiger partial charge in [0.2, 0.25) is 0 Å². The first-order valence-corrected chi connectivity index (χ1v) is 5.35. The van der Waals surface area contributed by atoms with Gasteiger partial charge >= 0.3 is 0 Å². The normalized spacial score (nSPS) is 33.4. The summed E-state index contributed by atoms with van der Waals surface area (Å²) in [7, 11) is 0. The lowest BCUT2D eigenvalue weighted by atomic mass is 9.73. The molecule has 14 heavy (non-hydrogen) atoms. The molecule has 2 unspecified atom stereocenters. The molecular formula is C12H20O2. The van der Waals surface area contributed by atoms with E-state index in [1.54, 1.807) is 12.2 Å². The van der Waals surface area contributed by atoms with Crippen LogP contribution in [0.15, 0.2) is 24.8 Å². The second-order valence-electron chi connectivity index (χ2n) is 4.04. The molecule has 2 nitrogen and oxygen atoms in total. The Balaban J connectivity index is 2.68. The number of aliphatic hydroxyl groups is 2. The highest BCUT2D eigenvalue weighted by Gasteiger charge is 2.35. The zero-order chi connectivity index (χ0) is 10.4. The highest BCUT2D eigenvalue weighted by Crippen LogP contribution is 2.37. The standard InChI is InChI=1S/C12H20O2/c1-2-6-11-7-3-4-8-12(11,14)9-5-10-13/h2,5,9,11,13-14H,1,3-4,6-8,10H2. The van der Waals surface area contributed by atoms with Gasteiger partial charge in [-0.05, 0) is 25.2 Å². The van der Waals surface area contributed by atoms with Crippen molar-refractivity contribution in [1.82, 2.24) is 0 Å². The van der Waals surface area contributed by atoms with E-state index in [1.807, 2.05) is 6.08 Å². The maximum Gasteiger partial charge on any atom is 0.0859 e. The van der Waals surface area contributed by atoms with E-state index < -0.39 is 5.60 Å². The molecule has 1 fully saturated rings. The third kappa shape index (κ3) is 2.69. The van der Waals surface area contributed by atoms with E-state index in [0.29, 0.717) is 0 Å². The second-order valence-corrected chi connectivity index (χ2v) is 4.04. The Kier molecular flexibility index (Phi) is 4.36. The van der Waals surface area contributed by atoms with Crippen LogP contribution in [0.1, 0.15) is 32.1 Å². The zero-order valence-corrected chi connectivity index (χ0v) is 8.65. The molecule has 0 aromatic carbocycles. The lowest BCUT2D eigenvalue weighted by Crippen LogP contribution is -2.38. The monoisotopic (exact) mass is 196 g/mol. The van der Waals surface area contributed by atoms with E-state index in [9.17, 15) is 5.11 Å². The molecule has 2 atom stereocenters. The molecule has 0 aromatic heterocycles. The van der Waals surface area contributed by atoms with E-state index in [2.05, 4.69) is 6.58 Å². The van der Waals surface area contributed by atoms with Crippen molar-refractivity contribution < 1.29 is 10.2 Å². The van der Waals surface area contributed by atoms with Gasteiger partial charge in [0.1, 0.15) is 0 Å². The van der Waals surface area contributed by atoms with Crippen molar-refractivity contribution in [2.75, 3.05) is 6.61 Å². The van der Waals surface area contributed by atoms with Crippen molar-refractivity contribution in [2.24, 2.45) is 5.92 Å². The van der Waals surface area contributed by atoms with Gasteiger partial charge in [0.25, 0.3) is 0 Å². The van der Waals surface area contributed by atoms with Gasteiger partial charge in [0.15, 0.2) is 0 Å². The predicted molar refractivity (Wildman–Crippen MR) is 57.9 cm³/mol. The zero-order valence-electron chi connectivity index (χ0n) is 8.65. The van der Waals surface area contributed by atoms with Crippen LogP contribution in [-0.2, 0) is 0 Å². The smallest absolute Gasteiger partial charge is 0.0859 e. The molecule has 1 rings (SSSR count). The lowest BCUT2D eigenvalue weighted by molar-refractivity contribution is -0.00381. The summed E-state index contributed by atoms with van der Waals surface area (Å²) in [5, 5.41) is 19.1. The summed E-state index contributed by atoms with van der Waals surface area (Å²) in [6.07, 6.45) is 10.2. The van der Waals surface area contributed by atoms with Crippen LogP contribution in [0.2, 0.25) is 0 Å². The molecule has 0 radical (unpaired) electrons. The molecular weight excluding hydrogens is 176 g/mol. The Morgan fingerprint density at radius 3 is 2.86 bits per heavy atom. The largest absolute Gasteiger partial charge is 0.392 e. The predicted octanol–water partition coefficient (Wildman–Crippen LogP) is 2.03. The summed E-state index contributed by atoms with van der Waals surface area (Å²) in [5.74, 6) is 0.275. The minimum Gasteiger partial charge on any atom is -0.392 e. The first kappa shape index (κ1) is 11.5. The molecule has 0 amide bonds. The molecule has 0 spiro atoms. The van der Waals surface area contributed by atoms with Gasteiger partial charge in [-0.3, -0.25) is 0 Å². The fourth-order valence-electron chi connectivity index (χ4n) is 2.25. The SMILES string of the molecule is C=CCC1CCCCC1(O)C=CCO. The Morgan fingerprint density at radius 1 is 1.43 bits per heavy atom. The van der Waals surface area contributed by atoms with Crippen LogP contribution in [0.3, 0.4) is 0 Å². The van der Waals surface area contributed by atoms with Crippen LogP contribution in [-0.4, -0.2) is 22.4 Å². The Bertz CT molecular complexity index is 210. The minimum atomic E-state index is -0.713. The summed E-state index contributed by atoms with van der Waals surface area (Å²) >= 11 is 0. The van der Waals surface area contributed by atoms with Crippen LogP contribution < -0.4 is 0 Å². The van der Waals surface area contributed by atoms with Gasteiger partial charge in [-0.25, -0.2) is 0 Å². The van der Waals surface area contributed by atoms with Gasteiger partial charge in [-0.1, -0.05) is 31.1 Å². The maximum atomic E-state index is 10.3. The summed E-state index contributed by atoms with van der Waals surface area (Å²) in [5.41, 5.74) is -0.713. The first-order valence-electron chi connectivity index (χ1n) is 5.35. The second kappa shape index (κ2) is 5.32. The van der Waals surface area contributed by atoms with E-state index in [0.717, 1.165) is 25.7 Å². The van der Waals surface area contributed by atoms with E-state index in [4.69, 9.17) is 5.11 Å². The Hall–Kier alpha value is -0.600. The van der Waals surface area contributed by atoms with Crippen molar-refractivity contribution >= 4 is 0 Å². The van der Waals surface area contributed by atoms with Crippen LogP contribution >= 0.6 is 0 Å². The number of hydrogen-bond acceptors (Lipinski definition) is 2. The number of allylic oxidation sites excluding steroid dienone is 1. The number of hydrogen-bond donors (Lipinski definition) is 2.